The maximum Gasteiger partial charge on any atom is 0.330 e. The number of aliphatic carboxylic acids is 1. The summed E-state index contributed by atoms with van der Waals surface area (Å²) in [6.45, 7) is 2.04. The lowest BCUT2D eigenvalue weighted by Gasteiger charge is -2.15. The summed E-state index contributed by atoms with van der Waals surface area (Å²) in [6, 6.07) is 13.2. The lowest BCUT2D eigenvalue weighted by molar-refractivity contribution is -0.141. The predicted octanol–water partition coefficient (Wildman–Crippen LogP) is 2.74. The standard InChI is InChI=1S/C19H21NO4/c1-3-13-5-4-6-14(11-13)12-17(21)20-18(19(22)23)15-7-9-16(24-2)10-8-15/h4-11,18H,3,12H2,1-2H3,(H,20,21)(H,22,23). The van der Waals surface area contributed by atoms with E-state index in [1.807, 2.05) is 31.2 Å². The van der Waals surface area contributed by atoms with Gasteiger partial charge in [0.2, 0.25) is 5.91 Å². The third kappa shape index (κ3) is 4.59. The van der Waals surface area contributed by atoms with E-state index in [1.54, 1.807) is 24.3 Å². The number of amides is 1. The van der Waals surface area contributed by atoms with Crippen molar-refractivity contribution < 1.29 is 19.4 Å². The first kappa shape index (κ1) is 17.5. The summed E-state index contributed by atoms with van der Waals surface area (Å²) in [4.78, 5) is 23.7. The van der Waals surface area contributed by atoms with E-state index in [4.69, 9.17) is 4.74 Å². The fourth-order valence-electron chi connectivity index (χ4n) is 2.44. The summed E-state index contributed by atoms with van der Waals surface area (Å²) in [6.07, 6.45) is 1.03. The first-order valence-corrected chi connectivity index (χ1v) is 7.77. The van der Waals surface area contributed by atoms with Crippen molar-refractivity contribution in [2.75, 3.05) is 7.11 Å². The third-order valence-electron chi connectivity index (χ3n) is 3.77. The van der Waals surface area contributed by atoms with Gasteiger partial charge in [0.05, 0.1) is 13.5 Å². The number of carboxylic acids is 1. The Bertz CT molecular complexity index is 710. The molecule has 0 aromatic heterocycles. The molecule has 2 rings (SSSR count). The van der Waals surface area contributed by atoms with Crippen LogP contribution in [0.15, 0.2) is 48.5 Å². The molecule has 5 heteroatoms. The van der Waals surface area contributed by atoms with Crippen molar-refractivity contribution in [3.05, 3.63) is 65.2 Å². The zero-order valence-corrected chi connectivity index (χ0v) is 13.8. The SMILES string of the molecule is CCc1cccc(CC(=O)NC(C(=O)O)c2ccc(OC)cc2)c1. The molecule has 2 aromatic carbocycles. The molecular weight excluding hydrogens is 306 g/mol. The van der Waals surface area contributed by atoms with E-state index >= 15 is 0 Å². The summed E-state index contributed by atoms with van der Waals surface area (Å²) in [5.74, 6) is -0.798. The summed E-state index contributed by atoms with van der Waals surface area (Å²) in [5.41, 5.74) is 2.51. The van der Waals surface area contributed by atoms with Crippen molar-refractivity contribution in [2.24, 2.45) is 0 Å². The van der Waals surface area contributed by atoms with E-state index in [-0.39, 0.29) is 12.3 Å². The fourth-order valence-corrected chi connectivity index (χ4v) is 2.44. The highest BCUT2D eigenvalue weighted by atomic mass is 16.5. The summed E-state index contributed by atoms with van der Waals surface area (Å²) >= 11 is 0. The largest absolute Gasteiger partial charge is 0.497 e. The van der Waals surface area contributed by atoms with Crippen LogP contribution in [0.5, 0.6) is 5.75 Å². The number of carbonyl (C=O) groups is 2. The number of rotatable bonds is 7. The molecule has 0 saturated heterocycles. The van der Waals surface area contributed by atoms with E-state index in [9.17, 15) is 14.7 Å². The zero-order chi connectivity index (χ0) is 17.5. The lowest BCUT2D eigenvalue weighted by atomic mass is 10.0. The molecule has 2 aromatic rings. The zero-order valence-electron chi connectivity index (χ0n) is 13.8. The van der Waals surface area contributed by atoms with Crippen molar-refractivity contribution in [2.45, 2.75) is 25.8 Å². The van der Waals surface area contributed by atoms with Gasteiger partial charge in [-0.2, -0.15) is 0 Å². The first-order chi connectivity index (χ1) is 11.5. The van der Waals surface area contributed by atoms with E-state index in [0.29, 0.717) is 11.3 Å². The molecule has 1 atom stereocenters. The highest BCUT2D eigenvalue weighted by molar-refractivity contribution is 5.85. The van der Waals surface area contributed by atoms with Crippen LogP contribution >= 0.6 is 0 Å². The molecule has 0 fully saturated rings. The van der Waals surface area contributed by atoms with Crippen LogP contribution in [0.3, 0.4) is 0 Å². The van der Waals surface area contributed by atoms with E-state index < -0.39 is 12.0 Å². The van der Waals surface area contributed by atoms with Gasteiger partial charge < -0.3 is 15.2 Å². The molecule has 0 bridgehead atoms. The lowest BCUT2D eigenvalue weighted by Crippen LogP contribution is -2.34. The van der Waals surface area contributed by atoms with Crippen LogP contribution in [0, 0.1) is 0 Å². The molecule has 0 spiro atoms. The number of methoxy groups -OCH3 is 1. The van der Waals surface area contributed by atoms with Gasteiger partial charge in [-0.1, -0.05) is 43.3 Å². The van der Waals surface area contributed by atoms with Gasteiger partial charge in [0.15, 0.2) is 6.04 Å². The number of carbonyl (C=O) groups excluding carboxylic acids is 1. The van der Waals surface area contributed by atoms with E-state index in [2.05, 4.69) is 5.32 Å². The molecule has 1 amide bonds. The maximum absolute atomic E-state index is 12.2. The average molecular weight is 327 g/mol. The Labute approximate surface area is 141 Å². The second-order valence-electron chi connectivity index (χ2n) is 5.46. The number of carboxylic acid groups (broad SMARTS) is 1. The van der Waals surface area contributed by atoms with Crippen LogP contribution in [-0.4, -0.2) is 24.1 Å². The van der Waals surface area contributed by atoms with Crippen LogP contribution in [-0.2, 0) is 22.4 Å². The van der Waals surface area contributed by atoms with Crippen molar-refractivity contribution >= 4 is 11.9 Å². The summed E-state index contributed by atoms with van der Waals surface area (Å²) < 4.78 is 5.06. The highest BCUT2D eigenvalue weighted by Gasteiger charge is 2.22. The molecule has 0 saturated carbocycles. The predicted molar refractivity (Wildman–Crippen MR) is 91.0 cm³/mol. The van der Waals surface area contributed by atoms with Gasteiger partial charge in [0.25, 0.3) is 0 Å². The van der Waals surface area contributed by atoms with Crippen LogP contribution < -0.4 is 10.1 Å². The number of aryl methyl sites for hydroxylation is 1. The van der Waals surface area contributed by atoms with Crippen molar-refractivity contribution in [3.63, 3.8) is 0 Å². The number of nitrogens with one attached hydrogen (secondary N) is 1. The Morgan fingerprint density at radius 2 is 1.79 bits per heavy atom. The van der Waals surface area contributed by atoms with Crippen LogP contribution in [0.2, 0.25) is 0 Å². The van der Waals surface area contributed by atoms with Gasteiger partial charge in [0, 0.05) is 0 Å². The van der Waals surface area contributed by atoms with Gasteiger partial charge >= 0.3 is 5.97 Å². The summed E-state index contributed by atoms with van der Waals surface area (Å²) in [7, 11) is 1.54. The quantitative estimate of drug-likeness (QED) is 0.820. The molecule has 0 aliphatic heterocycles. The van der Waals surface area contributed by atoms with Gasteiger partial charge in [-0.25, -0.2) is 4.79 Å². The number of hydrogen-bond acceptors (Lipinski definition) is 3. The normalized spacial score (nSPS) is 11.6. The Kier molecular flexibility index (Phi) is 5.95. The second-order valence-corrected chi connectivity index (χ2v) is 5.46. The fraction of sp³-hybridized carbons (Fsp3) is 0.263. The molecule has 5 nitrogen and oxygen atoms in total. The van der Waals surface area contributed by atoms with Gasteiger partial charge in [0.1, 0.15) is 5.75 Å². The minimum Gasteiger partial charge on any atom is -0.497 e. The highest BCUT2D eigenvalue weighted by Crippen LogP contribution is 2.18. The van der Waals surface area contributed by atoms with Crippen molar-refractivity contribution in [1.82, 2.24) is 5.32 Å². The number of hydrogen-bond donors (Lipinski definition) is 2. The minimum absolute atomic E-state index is 0.147. The number of benzene rings is 2. The Hall–Kier alpha value is -2.82. The van der Waals surface area contributed by atoms with Gasteiger partial charge in [-0.15, -0.1) is 0 Å². The smallest absolute Gasteiger partial charge is 0.330 e. The average Bonchev–Trinajstić information content (AvgIpc) is 2.59. The summed E-state index contributed by atoms with van der Waals surface area (Å²) in [5, 5.41) is 12.0. The van der Waals surface area contributed by atoms with Crippen LogP contribution in [0.25, 0.3) is 0 Å². The third-order valence-corrected chi connectivity index (χ3v) is 3.77. The molecule has 126 valence electrons. The first-order valence-electron chi connectivity index (χ1n) is 7.77. The number of ether oxygens (including phenoxy) is 1. The van der Waals surface area contributed by atoms with E-state index in [0.717, 1.165) is 17.5 Å². The molecule has 0 aliphatic carbocycles. The van der Waals surface area contributed by atoms with Gasteiger partial charge in [-0.05, 0) is 35.2 Å². The van der Waals surface area contributed by atoms with Crippen LogP contribution in [0.1, 0.15) is 29.7 Å². The minimum atomic E-state index is -1.10. The Morgan fingerprint density at radius 3 is 2.38 bits per heavy atom. The topological polar surface area (TPSA) is 75.6 Å². The molecule has 24 heavy (non-hydrogen) atoms. The maximum atomic E-state index is 12.2. The molecule has 0 heterocycles. The second kappa shape index (κ2) is 8.15. The molecule has 2 N–H and O–H groups in total. The monoisotopic (exact) mass is 327 g/mol. The Morgan fingerprint density at radius 1 is 1.12 bits per heavy atom. The van der Waals surface area contributed by atoms with Crippen LogP contribution in [0.4, 0.5) is 0 Å². The molecule has 1 unspecified atom stereocenters. The molecular formula is C19H21NO4. The molecule has 0 aliphatic rings. The molecule has 0 radical (unpaired) electrons. The van der Waals surface area contributed by atoms with Crippen molar-refractivity contribution in [3.8, 4) is 5.75 Å². The van der Waals surface area contributed by atoms with Crippen molar-refractivity contribution in [1.29, 1.82) is 0 Å². The van der Waals surface area contributed by atoms with E-state index in [1.165, 1.54) is 7.11 Å². The van der Waals surface area contributed by atoms with Gasteiger partial charge in [-0.3, -0.25) is 4.79 Å². The Balaban J connectivity index is 2.08.